The van der Waals surface area contributed by atoms with E-state index in [2.05, 4.69) is 6.58 Å². The molecular weight excluding hydrogens is 182 g/mol. The first-order valence-electron chi connectivity index (χ1n) is 6.21. The van der Waals surface area contributed by atoms with Gasteiger partial charge in [0.05, 0.1) is 0 Å². The van der Waals surface area contributed by atoms with Crippen molar-refractivity contribution in [3.63, 3.8) is 0 Å². The van der Waals surface area contributed by atoms with Gasteiger partial charge in [-0.1, -0.05) is 53.2 Å². The van der Waals surface area contributed by atoms with Crippen LogP contribution in [0.5, 0.6) is 0 Å². The van der Waals surface area contributed by atoms with E-state index in [9.17, 15) is 0 Å². The molecule has 0 atom stereocenters. The predicted octanol–water partition coefficient (Wildman–Crippen LogP) is 4.99. The lowest BCUT2D eigenvalue weighted by molar-refractivity contribution is 0.659. The summed E-state index contributed by atoms with van der Waals surface area (Å²) in [6.07, 6.45) is 10.4. The Bertz CT molecular complexity index is 174. The molecule has 1 fully saturated rings. The van der Waals surface area contributed by atoms with Crippen molar-refractivity contribution in [3.05, 3.63) is 24.3 Å². The highest BCUT2D eigenvalue weighted by Crippen LogP contribution is 2.31. The summed E-state index contributed by atoms with van der Waals surface area (Å²) in [5, 5.41) is 6.95. The SMILES string of the molecule is C=C/C(=C\C=N)C1CCCC1.CC.CC. The molecule has 0 unspecified atom stereocenters. The van der Waals surface area contributed by atoms with Crippen molar-refractivity contribution in [2.75, 3.05) is 0 Å². The molecule has 1 heteroatoms. The average molecular weight is 209 g/mol. The summed E-state index contributed by atoms with van der Waals surface area (Å²) in [7, 11) is 0. The lowest BCUT2D eigenvalue weighted by Crippen LogP contribution is -1.95. The van der Waals surface area contributed by atoms with Crippen molar-refractivity contribution >= 4 is 6.21 Å². The van der Waals surface area contributed by atoms with Crippen molar-refractivity contribution < 1.29 is 0 Å². The Balaban J connectivity index is 0. The standard InChI is InChI=1S/C10H15N.2C2H6/c1-2-9(7-8-11)10-5-3-4-6-10;2*1-2/h2,7-8,10-11H,1,3-6H2;2*1-2H3/b9-7+,11-8?;;. The van der Waals surface area contributed by atoms with Gasteiger partial charge in [0, 0.05) is 6.21 Å². The Morgan fingerprint density at radius 2 is 1.60 bits per heavy atom. The molecule has 0 spiro atoms. The summed E-state index contributed by atoms with van der Waals surface area (Å²) in [6.45, 7) is 11.8. The van der Waals surface area contributed by atoms with Crippen LogP contribution in [-0.2, 0) is 0 Å². The molecule has 1 saturated carbocycles. The van der Waals surface area contributed by atoms with Crippen LogP contribution in [-0.4, -0.2) is 6.21 Å². The molecule has 0 aromatic rings. The van der Waals surface area contributed by atoms with E-state index in [1.165, 1.54) is 37.5 Å². The molecule has 0 bridgehead atoms. The summed E-state index contributed by atoms with van der Waals surface area (Å²) < 4.78 is 0. The van der Waals surface area contributed by atoms with E-state index in [0.29, 0.717) is 5.92 Å². The second-order valence-electron chi connectivity index (χ2n) is 3.02. The van der Waals surface area contributed by atoms with Crippen LogP contribution in [0.2, 0.25) is 0 Å². The lowest BCUT2D eigenvalue weighted by atomic mass is 9.97. The van der Waals surface area contributed by atoms with Crippen molar-refractivity contribution in [1.82, 2.24) is 0 Å². The third-order valence-corrected chi connectivity index (χ3v) is 2.34. The predicted molar refractivity (Wildman–Crippen MR) is 71.7 cm³/mol. The first-order chi connectivity index (χ1) is 7.38. The fraction of sp³-hybridized carbons (Fsp3) is 0.643. The van der Waals surface area contributed by atoms with Crippen LogP contribution in [0.1, 0.15) is 53.4 Å². The number of hydrogen-bond donors (Lipinski definition) is 1. The zero-order valence-corrected chi connectivity index (χ0v) is 10.8. The molecule has 0 heterocycles. The van der Waals surface area contributed by atoms with E-state index >= 15 is 0 Å². The molecule has 1 N–H and O–H groups in total. The number of hydrogen-bond acceptors (Lipinski definition) is 1. The average Bonchev–Trinajstić information content (AvgIpc) is 2.85. The maximum absolute atomic E-state index is 6.95. The van der Waals surface area contributed by atoms with Crippen LogP contribution in [0.3, 0.4) is 0 Å². The van der Waals surface area contributed by atoms with Gasteiger partial charge in [-0.3, -0.25) is 0 Å². The molecule has 0 aromatic heterocycles. The molecule has 0 amide bonds. The van der Waals surface area contributed by atoms with E-state index in [-0.39, 0.29) is 0 Å². The zero-order valence-electron chi connectivity index (χ0n) is 10.8. The van der Waals surface area contributed by atoms with Crippen molar-refractivity contribution in [2.24, 2.45) is 5.92 Å². The van der Waals surface area contributed by atoms with Crippen LogP contribution in [0, 0.1) is 11.3 Å². The highest BCUT2D eigenvalue weighted by Gasteiger charge is 2.16. The van der Waals surface area contributed by atoms with Gasteiger partial charge in [0.25, 0.3) is 0 Å². The second kappa shape index (κ2) is 13.2. The second-order valence-corrected chi connectivity index (χ2v) is 3.02. The quantitative estimate of drug-likeness (QED) is 0.500. The minimum Gasteiger partial charge on any atom is -0.309 e. The molecule has 15 heavy (non-hydrogen) atoms. The van der Waals surface area contributed by atoms with Crippen LogP contribution >= 0.6 is 0 Å². The fourth-order valence-electron chi connectivity index (χ4n) is 1.73. The van der Waals surface area contributed by atoms with E-state index in [1.54, 1.807) is 0 Å². The monoisotopic (exact) mass is 209 g/mol. The minimum absolute atomic E-state index is 0.689. The fourth-order valence-corrected chi connectivity index (χ4v) is 1.73. The molecule has 1 rings (SSSR count). The van der Waals surface area contributed by atoms with Gasteiger partial charge in [0.15, 0.2) is 0 Å². The molecule has 0 saturated heterocycles. The van der Waals surface area contributed by atoms with Gasteiger partial charge in [0.1, 0.15) is 0 Å². The largest absolute Gasteiger partial charge is 0.309 e. The highest BCUT2D eigenvalue weighted by molar-refractivity contribution is 5.70. The molecule has 88 valence electrons. The third-order valence-electron chi connectivity index (χ3n) is 2.34. The van der Waals surface area contributed by atoms with Gasteiger partial charge >= 0.3 is 0 Å². The van der Waals surface area contributed by atoms with Crippen molar-refractivity contribution in [2.45, 2.75) is 53.4 Å². The molecule has 0 aliphatic heterocycles. The molecule has 1 nitrogen and oxygen atoms in total. The third kappa shape index (κ3) is 7.12. The number of rotatable bonds is 3. The lowest BCUT2D eigenvalue weighted by Gasteiger charge is -2.08. The summed E-state index contributed by atoms with van der Waals surface area (Å²) in [5.74, 6) is 0.689. The van der Waals surface area contributed by atoms with Crippen LogP contribution in [0.4, 0.5) is 0 Å². The maximum Gasteiger partial charge on any atom is 0.0180 e. The Kier molecular flexibility index (Phi) is 14.5. The van der Waals surface area contributed by atoms with Gasteiger partial charge in [0.2, 0.25) is 0 Å². The summed E-state index contributed by atoms with van der Waals surface area (Å²) in [4.78, 5) is 0. The molecule has 0 radical (unpaired) electrons. The van der Waals surface area contributed by atoms with E-state index in [0.717, 1.165) is 0 Å². The smallest absolute Gasteiger partial charge is 0.0180 e. The van der Waals surface area contributed by atoms with Crippen LogP contribution in [0.25, 0.3) is 0 Å². The summed E-state index contributed by atoms with van der Waals surface area (Å²) in [6, 6.07) is 0. The van der Waals surface area contributed by atoms with Gasteiger partial charge < -0.3 is 5.41 Å². The van der Waals surface area contributed by atoms with E-state index in [1.807, 2.05) is 39.8 Å². The number of nitrogens with one attached hydrogen (secondary N) is 1. The van der Waals surface area contributed by atoms with Crippen LogP contribution < -0.4 is 0 Å². The Labute approximate surface area is 95.8 Å². The topological polar surface area (TPSA) is 23.9 Å². The highest BCUT2D eigenvalue weighted by atomic mass is 14.3. The van der Waals surface area contributed by atoms with Crippen molar-refractivity contribution in [1.29, 1.82) is 5.41 Å². The minimum atomic E-state index is 0.689. The first-order valence-corrected chi connectivity index (χ1v) is 6.21. The Morgan fingerprint density at radius 3 is 1.93 bits per heavy atom. The normalized spacial score (nSPS) is 15.6. The first kappa shape index (κ1) is 16.6. The van der Waals surface area contributed by atoms with E-state index < -0.39 is 0 Å². The zero-order chi connectivity index (χ0) is 12.1. The van der Waals surface area contributed by atoms with Gasteiger partial charge in [-0.05, 0) is 30.4 Å². The van der Waals surface area contributed by atoms with Gasteiger partial charge in [-0.25, -0.2) is 0 Å². The number of allylic oxidation sites excluding steroid dienone is 3. The van der Waals surface area contributed by atoms with E-state index in [4.69, 9.17) is 5.41 Å². The molecule has 0 aromatic carbocycles. The molecular formula is C14H27N. The van der Waals surface area contributed by atoms with Gasteiger partial charge in [-0.15, -0.1) is 0 Å². The molecule has 1 aliphatic rings. The summed E-state index contributed by atoms with van der Waals surface area (Å²) >= 11 is 0. The maximum atomic E-state index is 6.95. The summed E-state index contributed by atoms with van der Waals surface area (Å²) in [5.41, 5.74) is 1.25. The Morgan fingerprint density at radius 1 is 1.13 bits per heavy atom. The van der Waals surface area contributed by atoms with Crippen LogP contribution in [0.15, 0.2) is 24.3 Å². The van der Waals surface area contributed by atoms with Crippen molar-refractivity contribution in [3.8, 4) is 0 Å². The Hall–Kier alpha value is -0.850. The van der Waals surface area contributed by atoms with Gasteiger partial charge in [-0.2, -0.15) is 0 Å². The molecule has 1 aliphatic carbocycles.